The summed E-state index contributed by atoms with van der Waals surface area (Å²) in [6, 6.07) is 11.8. The van der Waals surface area contributed by atoms with E-state index in [0.717, 1.165) is 6.07 Å². The second kappa shape index (κ2) is 7.56. The first-order valence-corrected chi connectivity index (χ1v) is 10.7. The maximum atomic E-state index is 14.8. The smallest absolute Gasteiger partial charge is 0.266 e. The van der Waals surface area contributed by atoms with Gasteiger partial charge in [-0.2, -0.15) is 0 Å². The van der Waals surface area contributed by atoms with Crippen LogP contribution >= 0.6 is 0 Å². The van der Waals surface area contributed by atoms with E-state index in [9.17, 15) is 17.2 Å². The highest BCUT2D eigenvalue weighted by molar-refractivity contribution is 7.90. The molecule has 0 saturated carbocycles. The van der Waals surface area contributed by atoms with Crippen LogP contribution in [0.1, 0.15) is 35.5 Å². The standard InChI is InChI=1S/C21H19F2N3O3S/c1-12-7-8-14(29-12)11-24-21-25-20-18(30(27,28)26-21)10-9-17(23)19(20)13(2)15-5-3-4-6-16(15)22/h3-10,13H,11H2,1-2H3,(H2,24,25,26)/t13-/m0/s1. The summed E-state index contributed by atoms with van der Waals surface area (Å²) in [6.07, 6.45) is 0. The van der Waals surface area contributed by atoms with Gasteiger partial charge in [0.05, 0.1) is 5.69 Å². The molecular weight excluding hydrogens is 412 g/mol. The van der Waals surface area contributed by atoms with Crippen LogP contribution in [-0.2, 0) is 16.6 Å². The summed E-state index contributed by atoms with van der Waals surface area (Å²) in [5.41, 5.74) is 0.343. The van der Waals surface area contributed by atoms with E-state index in [1.54, 1.807) is 38.1 Å². The van der Waals surface area contributed by atoms with Crippen LogP contribution < -0.4 is 10.0 Å². The Morgan fingerprint density at radius 2 is 1.83 bits per heavy atom. The Balaban J connectivity index is 1.78. The van der Waals surface area contributed by atoms with Crippen LogP contribution in [0.2, 0.25) is 0 Å². The van der Waals surface area contributed by atoms with E-state index in [1.807, 2.05) is 0 Å². The average Bonchev–Trinajstić information content (AvgIpc) is 3.11. The third kappa shape index (κ3) is 3.68. The van der Waals surface area contributed by atoms with Gasteiger partial charge in [0.1, 0.15) is 34.6 Å². The van der Waals surface area contributed by atoms with Gasteiger partial charge in [0.15, 0.2) is 0 Å². The number of hydrogen-bond acceptors (Lipinski definition) is 4. The largest absolute Gasteiger partial charge is 0.464 e. The molecule has 6 nitrogen and oxygen atoms in total. The number of benzene rings is 2. The van der Waals surface area contributed by atoms with Crippen LogP contribution in [0, 0.1) is 18.6 Å². The zero-order chi connectivity index (χ0) is 21.5. The molecule has 2 N–H and O–H groups in total. The molecule has 0 fully saturated rings. The molecule has 0 aliphatic carbocycles. The Labute approximate surface area is 172 Å². The lowest BCUT2D eigenvalue weighted by molar-refractivity contribution is 0.486. The molecule has 2 aromatic carbocycles. The predicted molar refractivity (Wildman–Crippen MR) is 109 cm³/mol. The van der Waals surface area contributed by atoms with Gasteiger partial charge in [0, 0.05) is 11.5 Å². The number of sulfonamides is 1. The van der Waals surface area contributed by atoms with Crippen molar-refractivity contribution >= 4 is 21.7 Å². The lowest BCUT2D eigenvalue weighted by Gasteiger charge is -2.26. The Kier molecular flexibility index (Phi) is 5.07. The molecule has 0 spiro atoms. The molecule has 156 valence electrons. The Morgan fingerprint density at radius 3 is 2.53 bits per heavy atom. The molecule has 0 unspecified atom stereocenters. The summed E-state index contributed by atoms with van der Waals surface area (Å²) < 4.78 is 62.4. The van der Waals surface area contributed by atoms with E-state index in [-0.39, 0.29) is 34.2 Å². The molecule has 1 aliphatic heterocycles. The van der Waals surface area contributed by atoms with Crippen LogP contribution in [0.4, 0.5) is 14.5 Å². The van der Waals surface area contributed by atoms with Crippen molar-refractivity contribution < 1.29 is 21.6 Å². The van der Waals surface area contributed by atoms with Gasteiger partial charge in [0.2, 0.25) is 5.96 Å². The topological polar surface area (TPSA) is 83.7 Å². The molecule has 4 rings (SSSR count). The third-order valence-corrected chi connectivity index (χ3v) is 6.29. The number of halogens is 2. The first kappa shape index (κ1) is 20.1. The fourth-order valence-electron chi connectivity index (χ4n) is 3.46. The van der Waals surface area contributed by atoms with Gasteiger partial charge in [-0.05, 0) is 42.8 Å². The van der Waals surface area contributed by atoms with Gasteiger partial charge < -0.3 is 9.73 Å². The summed E-state index contributed by atoms with van der Waals surface area (Å²) >= 11 is 0. The number of rotatable bonds is 4. The SMILES string of the molecule is Cc1ccc(CN=C2Nc3c(ccc(F)c3[C@@H](C)c3ccccc3F)S(=O)(=O)N2)o1. The van der Waals surface area contributed by atoms with Crippen LogP contribution in [0.5, 0.6) is 0 Å². The molecule has 30 heavy (non-hydrogen) atoms. The summed E-state index contributed by atoms with van der Waals surface area (Å²) in [5.74, 6) is -0.696. The minimum atomic E-state index is -3.99. The molecule has 1 aromatic heterocycles. The van der Waals surface area contributed by atoms with Crippen molar-refractivity contribution in [3.05, 3.63) is 82.8 Å². The normalized spacial score (nSPS) is 17.1. The second-order valence-electron chi connectivity index (χ2n) is 6.99. The Morgan fingerprint density at radius 1 is 1.07 bits per heavy atom. The summed E-state index contributed by atoms with van der Waals surface area (Å²) in [5, 5.41) is 2.86. The van der Waals surface area contributed by atoms with E-state index < -0.39 is 27.6 Å². The van der Waals surface area contributed by atoms with Gasteiger partial charge >= 0.3 is 0 Å². The van der Waals surface area contributed by atoms with Crippen LogP contribution in [0.25, 0.3) is 0 Å². The molecule has 9 heteroatoms. The summed E-state index contributed by atoms with van der Waals surface area (Å²) in [4.78, 5) is 4.08. The Bertz CT molecular complexity index is 1250. The van der Waals surface area contributed by atoms with Gasteiger partial charge in [0.25, 0.3) is 10.0 Å². The summed E-state index contributed by atoms with van der Waals surface area (Å²) in [7, 11) is -3.99. The monoisotopic (exact) mass is 431 g/mol. The highest BCUT2D eigenvalue weighted by atomic mass is 32.2. The number of anilines is 1. The number of aryl methyl sites for hydroxylation is 1. The van der Waals surface area contributed by atoms with Gasteiger partial charge in [-0.25, -0.2) is 26.9 Å². The first-order chi connectivity index (χ1) is 14.3. The van der Waals surface area contributed by atoms with Crippen molar-refractivity contribution in [2.75, 3.05) is 5.32 Å². The number of furan rings is 1. The van der Waals surface area contributed by atoms with E-state index in [4.69, 9.17) is 4.42 Å². The molecule has 0 radical (unpaired) electrons. The van der Waals surface area contributed by atoms with Gasteiger partial charge in [-0.3, -0.25) is 0 Å². The molecule has 0 saturated heterocycles. The number of nitrogens with zero attached hydrogens (tertiary/aromatic N) is 1. The fraction of sp³-hybridized carbons (Fsp3) is 0.190. The maximum Gasteiger partial charge on any atom is 0.266 e. The molecule has 1 aliphatic rings. The average molecular weight is 431 g/mol. The zero-order valence-electron chi connectivity index (χ0n) is 16.2. The summed E-state index contributed by atoms with van der Waals surface area (Å²) in [6.45, 7) is 3.49. The van der Waals surface area contributed by atoms with Crippen molar-refractivity contribution in [2.45, 2.75) is 31.2 Å². The lowest BCUT2D eigenvalue weighted by atomic mass is 9.91. The zero-order valence-corrected chi connectivity index (χ0v) is 17.1. The highest BCUT2D eigenvalue weighted by Crippen LogP contribution is 2.38. The van der Waals surface area contributed by atoms with Crippen molar-refractivity contribution in [1.82, 2.24) is 4.72 Å². The minimum Gasteiger partial charge on any atom is -0.464 e. The van der Waals surface area contributed by atoms with Crippen LogP contribution in [-0.4, -0.2) is 14.4 Å². The van der Waals surface area contributed by atoms with Crippen molar-refractivity contribution in [3.63, 3.8) is 0 Å². The van der Waals surface area contributed by atoms with Crippen molar-refractivity contribution in [3.8, 4) is 0 Å². The molecule has 0 bridgehead atoms. The third-order valence-electron chi connectivity index (χ3n) is 4.91. The number of fused-ring (bicyclic) bond motifs is 1. The predicted octanol–water partition coefficient (Wildman–Crippen LogP) is 4.28. The van der Waals surface area contributed by atoms with Crippen molar-refractivity contribution in [2.24, 2.45) is 4.99 Å². The first-order valence-electron chi connectivity index (χ1n) is 9.22. The number of guanidine groups is 1. The van der Waals surface area contributed by atoms with Crippen molar-refractivity contribution in [1.29, 1.82) is 0 Å². The minimum absolute atomic E-state index is 0.0406. The molecule has 1 atom stereocenters. The second-order valence-corrected chi connectivity index (χ2v) is 8.64. The van der Waals surface area contributed by atoms with Crippen LogP contribution in [0.3, 0.4) is 0 Å². The molecule has 0 amide bonds. The van der Waals surface area contributed by atoms with E-state index in [2.05, 4.69) is 15.0 Å². The maximum absolute atomic E-state index is 14.8. The van der Waals surface area contributed by atoms with E-state index >= 15 is 0 Å². The van der Waals surface area contributed by atoms with Gasteiger partial charge in [-0.1, -0.05) is 25.1 Å². The Hall–Kier alpha value is -3.20. The number of aliphatic imine (C=N–C) groups is 1. The fourth-order valence-corrected chi connectivity index (χ4v) is 4.61. The number of hydrogen-bond donors (Lipinski definition) is 2. The molecular formula is C21H19F2N3O3S. The van der Waals surface area contributed by atoms with E-state index in [1.165, 1.54) is 18.2 Å². The molecule has 3 aromatic rings. The van der Waals surface area contributed by atoms with E-state index in [0.29, 0.717) is 11.5 Å². The quantitative estimate of drug-likeness (QED) is 0.646. The van der Waals surface area contributed by atoms with Gasteiger partial charge in [-0.15, -0.1) is 0 Å². The van der Waals surface area contributed by atoms with Crippen LogP contribution in [0.15, 0.2) is 62.8 Å². The lowest BCUT2D eigenvalue weighted by Crippen LogP contribution is -2.41. The molecule has 2 heterocycles. The number of nitrogens with one attached hydrogen (secondary N) is 2. The highest BCUT2D eigenvalue weighted by Gasteiger charge is 2.32.